The smallest absolute Gasteiger partial charge is 0.309 e. The van der Waals surface area contributed by atoms with Crippen LogP contribution < -0.4 is 0 Å². The summed E-state index contributed by atoms with van der Waals surface area (Å²) in [5, 5.41) is 29.0. The number of methoxy groups -OCH3 is 1. The van der Waals surface area contributed by atoms with E-state index in [-0.39, 0.29) is 6.42 Å². The summed E-state index contributed by atoms with van der Waals surface area (Å²) >= 11 is 0. The van der Waals surface area contributed by atoms with Crippen molar-refractivity contribution in [2.45, 2.75) is 18.9 Å². The maximum Gasteiger partial charge on any atom is 0.309 e. The molecule has 0 heterocycles. The molecule has 0 aromatic heterocycles. The Balaban J connectivity index is 2.90. The minimum Gasteiger partial charge on any atom is -0.481 e. The first-order valence-electron chi connectivity index (χ1n) is 5.46. The Hall–Kier alpha value is -1.70. The minimum atomic E-state index is -1.15. The zero-order valence-corrected chi connectivity index (χ0v) is 9.81. The van der Waals surface area contributed by atoms with Crippen molar-refractivity contribution in [1.29, 1.82) is 0 Å². The maximum atomic E-state index is 11.5. The zero-order chi connectivity index (χ0) is 13.9. The molecule has 4 unspecified atom stereocenters. The van der Waals surface area contributed by atoms with Crippen molar-refractivity contribution in [3.8, 4) is 0 Å². The van der Waals surface area contributed by atoms with E-state index >= 15 is 0 Å². The Kier molecular flexibility index (Phi) is 4.60. The standard InChI is InChI=1S/C10H15NO7/c1-18-10(15)6-2-8(12)5(3-9(13)14)7(6)4-11(16)17/h5-8,12H,2-4H2,1H3,(H,13,14). The molecular weight excluding hydrogens is 246 g/mol. The second-order valence-electron chi connectivity index (χ2n) is 4.37. The van der Waals surface area contributed by atoms with Gasteiger partial charge in [0.1, 0.15) is 0 Å². The maximum absolute atomic E-state index is 11.5. The number of nitrogens with zero attached hydrogens (tertiary/aromatic N) is 1. The van der Waals surface area contributed by atoms with E-state index in [2.05, 4.69) is 4.74 Å². The first kappa shape index (κ1) is 14.4. The summed E-state index contributed by atoms with van der Waals surface area (Å²) in [6.07, 6.45) is -1.42. The topological polar surface area (TPSA) is 127 Å². The number of esters is 1. The van der Waals surface area contributed by atoms with Gasteiger partial charge in [-0.2, -0.15) is 0 Å². The Bertz CT molecular complexity index is 356. The molecule has 2 N–H and O–H groups in total. The lowest BCUT2D eigenvalue weighted by Crippen LogP contribution is -2.31. The van der Waals surface area contributed by atoms with Gasteiger partial charge in [0.15, 0.2) is 0 Å². The SMILES string of the molecule is COC(=O)C1CC(O)C(CC(=O)O)C1C[N+](=O)[O-]. The van der Waals surface area contributed by atoms with Crippen LogP contribution in [-0.4, -0.2) is 46.8 Å². The molecule has 102 valence electrons. The van der Waals surface area contributed by atoms with Gasteiger partial charge in [0.2, 0.25) is 6.54 Å². The van der Waals surface area contributed by atoms with Crippen LogP contribution in [0.4, 0.5) is 0 Å². The second-order valence-corrected chi connectivity index (χ2v) is 4.37. The monoisotopic (exact) mass is 261 g/mol. The van der Waals surface area contributed by atoms with E-state index in [1.807, 2.05) is 0 Å². The van der Waals surface area contributed by atoms with Crippen LogP contribution in [0.5, 0.6) is 0 Å². The average Bonchev–Trinajstić information content (AvgIpc) is 2.55. The Morgan fingerprint density at radius 2 is 2.06 bits per heavy atom. The molecule has 8 heteroatoms. The number of carboxylic acid groups (broad SMARTS) is 1. The van der Waals surface area contributed by atoms with E-state index in [9.17, 15) is 24.8 Å². The second kappa shape index (κ2) is 5.76. The van der Waals surface area contributed by atoms with Gasteiger partial charge in [0.25, 0.3) is 0 Å². The van der Waals surface area contributed by atoms with Gasteiger partial charge in [-0.25, -0.2) is 0 Å². The van der Waals surface area contributed by atoms with Crippen molar-refractivity contribution in [3.63, 3.8) is 0 Å². The Morgan fingerprint density at radius 1 is 1.44 bits per heavy atom. The summed E-state index contributed by atoms with van der Waals surface area (Å²) in [4.78, 5) is 32.1. The predicted octanol–water partition coefficient (Wildman–Crippen LogP) is -0.476. The third-order valence-corrected chi connectivity index (χ3v) is 3.33. The molecule has 8 nitrogen and oxygen atoms in total. The van der Waals surface area contributed by atoms with Gasteiger partial charge in [-0.3, -0.25) is 19.7 Å². The van der Waals surface area contributed by atoms with Gasteiger partial charge in [-0.15, -0.1) is 0 Å². The van der Waals surface area contributed by atoms with Crippen LogP contribution >= 0.6 is 0 Å². The van der Waals surface area contributed by atoms with Crippen molar-refractivity contribution in [1.82, 2.24) is 0 Å². The van der Waals surface area contributed by atoms with Gasteiger partial charge in [-0.1, -0.05) is 0 Å². The van der Waals surface area contributed by atoms with E-state index in [0.717, 1.165) is 7.11 Å². The average molecular weight is 261 g/mol. The molecule has 18 heavy (non-hydrogen) atoms. The number of aliphatic carboxylic acids is 1. The number of carboxylic acids is 1. The van der Waals surface area contributed by atoms with E-state index in [0.29, 0.717) is 0 Å². The summed E-state index contributed by atoms with van der Waals surface area (Å²) in [6, 6.07) is 0. The molecule has 1 rings (SSSR count). The molecule has 0 bridgehead atoms. The van der Waals surface area contributed by atoms with Gasteiger partial charge >= 0.3 is 11.9 Å². The predicted molar refractivity (Wildman–Crippen MR) is 57.2 cm³/mol. The highest BCUT2D eigenvalue weighted by Gasteiger charge is 2.49. The highest BCUT2D eigenvalue weighted by molar-refractivity contribution is 5.74. The van der Waals surface area contributed by atoms with E-state index in [1.54, 1.807) is 0 Å². The van der Waals surface area contributed by atoms with Crippen molar-refractivity contribution in [2.75, 3.05) is 13.7 Å². The number of aliphatic hydroxyl groups excluding tert-OH is 1. The number of carbonyl (C=O) groups is 2. The fourth-order valence-corrected chi connectivity index (χ4v) is 2.54. The molecule has 1 saturated carbocycles. The molecule has 1 aliphatic rings. The van der Waals surface area contributed by atoms with Crippen LogP contribution in [-0.2, 0) is 14.3 Å². The number of aliphatic hydroxyl groups is 1. The zero-order valence-electron chi connectivity index (χ0n) is 9.81. The summed E-state index contributed by atoms with van der Waals surface area (Å²) in [7, 11) is 1.16. The number of hydrogen-bond donors (Lipinski definition) is 2. The van der Waals surface area contributed by atoms with Crippen molar-refractivity contribution in [2.24, 2.45) is 17.8 Å². The minimum absolute atomic E-state index is 0.00310. The number of ether oxygens (including phenoxy) is 1. The van der Waals surface area contributed by atoms with Crippen LogP contribution in [0, 0.1) is 27.9 Å². The van der Waals surface area contributed by atoms with Crippen LogP contribution in [0.15, 0.2) is 0 Å². The normalized spacial score (nSPS) is 31.0. The number of hydrogen-bond acceptors (Lipinski definition) is 6. The number of nitro groups is 1. The lowest BCUT2D eigenvalue weighted by atomic mass is 9.87. The van der Waals surface area contributed by atoms with Gasteiger partial charge in [-0.05, 0) is 6.42 Å². The quantitative estimate of drug-likeness (QED) is 0.389. The summed E-state index contributed by atoms with van der Waals surface area (Å²) in [5.41, 5.74) is 0. The fourth-order valence-electron chi connectivity index (χ4n) is 2.54. The van der Waals surface area contributed by atoms with Crippen LogP contribution in [0.1, 0.15) is 12.8 Å². The highest BCUT2D eigenvalue weighted by Crippen LogP contribution is 2.40. The molecule has 1 fully saturated rings. The molecule has 0 aromatic rings. The third kappa shape index (κ3) is 3.16. The lowest BCUT2D eigenvalue weighted by Gasteiger charge is -2.19. The largest absolute Gasteiger partial charge is 0.481 e. The highest BCUT2D eigenvalue weighted by atomic mass is 16.6. The van der Waals surface area contributed by atoms with Crippen LogP contribution in [0.2, 0.25) is 0 Å². The van der Waals surface area contributed by atoms with E-state index in [1.165, 1.54) is 0 Å². The first-order valence-corrected chi connectivity index (χ1v) is 5.46. The molecular formula is C10H15NO7. The third-order valence-electron chi connectivity index (χ3n) is 3.33. The van der Waals surface area contributed by atoms with Crippen molar-refractivity contribution < 1.29 is 29.5 Å². The fraction of sp³-hybridized carbons (Fsp3) is 0.800. The molecule has 0 aliphatic heterocycles. The molecule has 1 aliphatic carbocycles. The van der Waals surface area contributed by atoms with E-state index in [4.69, 9.17) is 5.11 Å². The van der Waals surface area contributed by atoms with Crippen molar-refractivity contribution >= 4 is 11.9 Å². The molecule has 4 atom stereocenters. The van der Waals surface area contributed by atoms with Crippen LogP contribution in [0.25, 0.3) is 0 Å². The molecule has 0 spiro atoms. The molecule has 0 aromatic carbocycles. The number of carbonyl (C=O) groups excluding carboxylic acids is 1. The van der Waals surface area contributed by atoms with E-state index < -0.39 is 53.7 Å². The van der Waals surface area contributed by atoms with Gasteiger partial charge in [0, 0.05) is 16.8 Å². The van der Waals surface area contributed by atoms with Gasteiger partial charge in [0.05, 0.1) is 25.6 Å². The molecule has 0 saturated heterocycles. The summed E-state index contributed by atoms with van der Waals surface area (Å²) in [6.45, 7) is -0.547. The molecule has 0 amide bonds. The first-order chi connectivity index (χ1) is 8.36. The summed E-state index contributed by atoms with van der Waals surface area (Å²) in [5.74, 6) is -4.22. The van der Waals surface area contributed by atoms with Crippen molar-refractivity contribution in [3.05, 3.63) is 10.1 Å². The number of rotatable bonds is 5. The Morgan fingerprint density at radius 3 is 2.50 bits per heavy atom. The van der Waals surface area contributed by atoms with Crippen LogP contribution in [0.3, 0.4) is 0 Å². The lowest BCUT2D eigenvalue weighted by molar-refractivity contribution is -0.490. The Labute approximate surface area is 103 Å². The summed E-state index contributed by atoms with van der Waals surface area (Å²) < 4.78 is 4.53. The van der Waals surface area contributed by atoms with Gasteiger partial charge < -0.3 is 14.9 Å². The molecule has 0 radical (unpaired) electrons.